The third-order valence-corrected chi connectivity index (χ3v) is 2.71. The fourth-order valence-electron chi connectivity index (χ4n) is 1.46. The quantitative estimate of drug-likeness (QED) is 0.710. The molecule has 1 fully saturated rings. The van der Waals surface area contributed by atoms with Crippen molar-refractivity contribution in [2.24, 2.45) is 5.92 Å². The molecule has 3 heteroatoms. The normalized spacial score (nSPS) is 19.3. The van der Waals surface area contributed by atoms with Crippen molar-refractivity contribution in [2.75, 3.05) is 13.6 Å². The van der Waals surface area contributed by atoms with Gasteiger partial charge in [-0.15, -0.1) is 0 Å². The van der Waals surface area contributed by atoms with E-state index in [-0.39, 0.29) is 17.9 Å². The maximum atomic E-state index is 11.6. The van der Waals surface area contributed by atoms with Crippen molar-refractivity contribution >= 4 is 5.91 Å². The van der Waals surface area contributed by atoms with Crippen LogP contribution in [0, 0.1) is 5.92 Å². The van der Waals surface area contributed by atoms with E-state index in [1.165, 1.54) is 6.42 Å². The van der Waals surface area contributed by atoms with Gasteiger partial charge in [-0.2, -0.15) is 0 Å². The van der Waals surface area contributed by atoms with E-state index < -0.39 is 0 Å². The summed E-state index contributed by atoms with van der Waals surface area (Å²) in [6, 6.07) is 0. The van der Waals surface area contributed by atoms with E-state index in [1.54, 1.807) is 11.8 Å². The van der Waals surface area contributed by atoms with Crippen LogP contribution in [-0.4, -0.2) is 35.6 Å². The van der Waals surface area contributed by atoms with Crippen molar-refractivity contribution in [3.05, 3.63) is 0 Å². The minimum Gasteiger partial charge on any atom is -0.393 e. The molecule has 0 spiro atoms. The molecule has 76 valence electrons. The van der Waals surface area contributed by atoms with Crippen LogP contribution < -0.4 is 0 Å². The highest BCUT2D eigenvalue weighted by atomic mass is 16.3. The SMILES string of the molecule is CC(O)CCN(C)C(=O)C1CCC1. The Kier molecular flexibility index (Phi) is 3.72. The van der Waals surface area contributed by atoms with Gasteiger partial charge in [-0.05, 0) is 26.2 Å². The van der Waals surface area contributed by atoms with Crippen LogP contribution in [0.25, 0.3) is 0 Å². The number of carbonyl (C=O) groups is 1. The van der Waals surface area contributed by atoms with Gasteiger partial charge in [0, 0.05) is 19.5 Å². The zero-order chi connectivity index (χ0) is 9.84. The summed E-state index contributed by atoms with van der Waals surface area (Å²) >= 11 is 0. The molecule has 0 aromatic rings. The molecule has 3 nitrogen and oxygen atoms in total. The molecule has 0 radical (unpaired) electrons. The van der Waals surface area contributed by atoms with Crippen molar-refractivity contribution in [1.29, 1.82) is 0 Å². The van der Waals surface area contributed by atoms with E-state index in [4.69, 9.17) is 5.11 Å². The predicted octanol–water partition coefficient (Wildman–Crippen LogP) is 1.02. The first-order valence-electron chi connectivity index (χ1n) is 5.04. The molecule has 0 aromatic carbocycles. The topological polar surface area (TPSA) is 40.5 Å². The molecular formula is C10H19NO2. The predicted molar refractivity (Wildman–Crippen MR) is 51.3 cm³/mol. The molecule has 1 atom stereocenters. The Balaban J connectivity index is 2.21. The van der Waals surface area contributed by atoms with Crippen LogP contribution in [0.5, 0.6) is 0 Å². The van der Waals surface area contributed by atoms with Crippen LogP contribution >= 0.6 is 0 Å². The summed E-state index contributed by atoms with van der Waals surface area (Å²) in [6.45, 7) is 2.43. The molecule has 1 saturated carbocycles. The van der Waals surface area contributed by atoms with Crippen LogP contribution in [0.1, 0.15) is 32.6 Å². The Morgan fingerprint density at radius 2 is 2.23 bits per heavy atom. The molecule has 13 heavy (non-hydrogen) atoms. The minimum atomic E-state index is -0.309. The van der Waals surface area contributed by atoms with Gasteiger partial charge >= 0.3 is 0 Å². The summed E-state index contributed by atoms with van der Waals surface area (Å²) < 4.78 is 0. The molecule has 1 amide bonds. The molecular weight excluding hydrogens is 166 g/mol. The maximum Gasteiger partial charge on any atom is 0.225 e. The molecule has 0 bridgehead atoms. The number of rotatable bonds is 4. The Bertz CT molecular complexity index is 176. The van der Waals surface area contributed by atoms with E-state index in [1.807, 2.05) is 7.05 Å². The molecule has 1 aliphatic rings. The second-order valence-electron chi connectivity index (χ2n) is 4.03. The second kappa shape index (κ2) is 4.61. The standard InChI is InChI=1S/C10H19NO2/c1-8(12)6-7-11(2)10(13)9-4-3-5-9/h8-9,12H,3-7H2,1-2H3. The molecule has 1 rings (SSSR count). The van der Waals surface area contributed by atoms with Gasteiger partial charge < -0.3 is 10.0 Å². The number of aliphatic hydroxyl groups excluding tert-OH is 1. The summed E-state index contributed by atoms with van der Waals surface area (Å²) in [5.74, 6) is 0.533. The van der Waals surface area contributed by atoms with E-state index in [0.717, 1.165) is 12.8 Å². The fraction of sp³-hybridized carbons (Fsp3) is 0.900. The second-order valence-corrected chi connectivity index (χ2v) is 4.03. The third kappa shape index (κ3) is 2.99. The van der Waals surface area contributed by atoms with E-state index >= 15 is 0 Å². The first-order chi connectivity index (χ1) is 6.11. The summed E-state index contributed by atoms with van der Waals surface area (Å²) in [5.41, 5.74) is 0. The number of hydrogen-bond donors (Lipinski definition) is 1. The Labute approximate surface area is 79.7 Å². The van der Waals surface area contributed by atoms with Crippen LogP contribution in [0.3, 0.4) is 0 Å². The smallest absolute Gasteiger partial charge is 0.225 e. The third-order valence-electron chi connectivity index (χ3n) is 2.71. The first kappa shape index (κ1) is 10.5. The molecule has 1 aliphatic carbocycles. The van der Waals surface area contributed by atoms with Gasteiger partial charge in [-0.25, -0.2) is 0 Å². The van der Waals surface area contributed by atoms with Gasteiger partial charge in [0.2, 0.25) is 5.91 Å². The van der Waals surface area contributed by atoms with E-state index in [9.17, 15) is 4.79 Å². The first-order valence-corrected chi connectivity index (χ1v) is 5.04. The van der Waals surface area contributed by atoms with Crippen LogP contribution in [-0.2, 0) is 4.79 Å². The van der Waals surface area contributed by atoms with Gasteiger partial charge in [-0.3, -0.25) is 4.79 Å². The molecule has 0 heterocycles. The maximum absolute atomic E-state index is 11.6. The highest BCUT2D eigenvalue weighted by molar-refractivity contribution is 5.79. The summed E-state index contributed by atoms with van der Waals surface area (Å²) in [5, 5.41) is 9.05. The average molecular weight is 185 g/mol. The summed E-state index contributed by atoms with van der Waals surface area (Å²) in [7, 11) is 1.82. The number of carbonyl (C=O) groups excluding carboxylic acids is 1. The van der Waals surface area contributed by atoms with Crippen LogP contribution in [0.15, 0.2) is 0 Å². The Morgan fingerprint density at radius 1 is 1.62 bits per heavy atom. The van der Waals surface area contributed by atoms with Crippen LogP contribution in [0.2, 0.25) is 0 Å². The van der Waals surface area contributed by atoms with Gasteiger partial charge in [0.1, 0.15) is 0 Å². The fourth-order valence-corrected chi connectivity index (χ4v) is 1.46. The molecule has 1 N–H and O–H groups in total. The van der Waals surface area contributed by atoms with Gasteiger partial charge in [0.15, 0.2) is 0 Å². The van der Waals surface area contributed by atoms with Gasteiger partial charge in [0.25, 0.3) is 0 Å². The van der Waals surface area contributed by atoms with Crippen molar-refractivity contribution in [3.63, 3.8) is 0 Å². The highest BCUT2D eigenvalue weighted by Crippen LogP contribution is 2.27. The Hall–Kier alpha value is -0.570. The molecule has 1 unspecified atom stereocenters. The van der Waals surface area contributed by atoms with Crippen LogP contribution in [0.4, 0.5) is 0 Å². The number of nitrogens with zero attached hydrogens (tertiary/aromatic N) is 1. The van der Waals surface area contributed by atoms with E-state index in [0.29, 0.717) is 13.0 Å². The number of amides is 1. The van der Waals surface area contributed by atoms with Crippen molar-refractivity contribution in [1.82, 2.24) is 4.90 Å². The lowest BCUT2D eigenvalue weighted by atomic mass is 9.84. The lowest BCUT2D eigenvalue weighted by Gasteiger charge is -2.29. The van der Waals surface area contributed by atoms with Gasteiger partial charge in [0.05, 0.1) is 6.10 Å². The molecule has 0 aromatic heterocycles. The van der Waals surface area contributed by atoms with E-state index in [2.05, 4.69) is 0 Å². The monoisotopic (exact) mass is 185 g/mol. The largest absolute Gasteiger partial charge is 0.393 e. The lowest BCUT2D eigenvalue weighted by Crippen LogP contribution is -2.37. The van der Waals surface area contributed by atoms with Crippen molar-refractivity contribution < 1.29 is 9.90 Å². The molecule has 0 aliphatic heterocycles. The van der Waals surface area contributed by atoms with Gasteiger partial charge in [-0.1, -0.05) is 6.42 Å². The Morgan fingerprint density at radius 3 is 2.62 bits per heavy atom. The summed E-state index contributed by atoms with van der Waals surface area (Å²) in [6.07, 6.45) is 3.67. The average Bonchev–Trinajstić information content (AvgIpc) is 1.96. The number of hydrogen-bond acceptors (Lipinski definition) is 2. The molecule has 0 saturated heterocycles. The minimum absolute atomic E-state index is 0.256. The number of aliphatic hydroxyl groups is 1. The highest BCUT2D eigenvalue weighted by Gasteiger charge is 2.27. The zero-order valence-electron chi connectivity index (χ0n) is 8.49. The lowest BCUT2D eigenvalue weighted by molar-refractivity contribution is -0.137. The summed E-state index contributed by atoms with van der Waals surface area (Å²) in [4.78, 5) is 13.3. The zero-order valence-corrected chi connectivity index (χ0v) is 8.49. The van der Waals surface area contributed by atoms with Crippen molar-refractivity contribution in [2.45, 2.75) is 38.7 Å². The van der Waals surface area contributed by atoms with Crippen molar-refractivity contribution in [3.8, 4) is 0 Å².